The van der Waals surface area contributed by atoms with Crippen molar-refractivity contribution in [2.45, 2.75) is 13.5 Å². The molecule has 1 aromatic rings. The number of esters is 1. The Bertz CT molecular complexity index is 349. The van der Waals surface area contributed by atoms with E-state index in [2.05, 4.69) is 5.92 Å². The Morgan fingerprint density at radius 3 is 2.71 bits per heavy atom. The van der Waals surface area contributed by atoms with Gasteiger partial charge in [-0.15, -0.1) is 6.42 Å². The van der Waals surface area contributed by atoms with Crippen LogP contribution in [0.15, 0.2) is 24.5 Å². The Kier molecular flexibility index (Phi) is 3.69. The summed E-state index contributed by atoms with van der Waals surface area (Å²) >= 11 is 0. The van der Waals surface area contributed by atoms with Crippen LogP contribution in [0.4, 0.5) is 0 Å². The number of nitrogens with zero attached hydrogens (tertiary/aromatic N) is 1. The molecular weight excluding hydrogens is 178 g/mol. The normalized spacial score (nSPS) is 9.14. The molecule has 72 valence electrons. The Morgan fingerprint density at radius 2 is 2.21 bits per heavy atom. The van der Waals surface area contributed by atoms with Crippen molar-refractivity contribution in [1.82, 2.24) is 0 Å². The van der Waals surface area contributed by atoms with Crippen LogP contribution in [-0.2, 0) is 11.3 Å². The summed E-state index contributed by atoms with van der Waals surface area (Å²) in [5.41, 5.74) is 0.542. The average molecular weight is 190 g/mol. The average Bonchev–Trinajstić information content (AvgIpc) is 2.20. The fraction of sp³-hybridized carbons (Fsp3) is 0.273. The quantitative estimate of drug-likeness (QED) is 0.400. The third kappa shape index (κ3) is 2.60. The van der Waals surface area contributed by atoms with Gasteiger partial charge in [0.25, 0.3) is 0 Å². The van der Waals surface area contributed by atoms with Crippen molar-refractivity contribution in [1.29, 1.82) is 0 Å². The zero-order chi connectivity index (χ0) is 10.4. The number of rotatable bonds is 3. The highest BCUT2D eigenvalue weighted by atomic mass is 16.5. The van der Waals surface area contributed by atoms with E-state index in [-0.39, 0.29) is 5.97 Å². The SMILES string of the molecule is C#CC[n+]1ccc(C(=O)OCC)cc1. The molecule has 0 saturated carbocycles. The van der Waals surface area contributed by atoms with Gasteiger partial charge in [-0.3, -0.25) is 0 Å². The zero-order valence-electron chi connectivity index (χ0n) is 8.06. The lowest BCUT2D eigenvalue weighted by atomic mass is 10.3. The van der Waals surface area contributed by atoms with E-state index in [0.29, 0.717) is 18.7 Å². The summed E-state index contributed by atoms with van der Waals surface area (Å²) in [5, 5.41) is 0. The summed E-state index contributed by atoms with van der Waals surface area (Å²) in [5.74, 6) is 2.20. The van der Waals surface area contributed by atoms with E-state index in [1.165, 1.54) is 0 Å². The minimum atomic E-state index is -0.305. The van der Waals surface area contributed by atoms with Crippen molar-refractivity contribution >= 4 is 5.97 Å². The van der Waals surface area contributed by atoms with E-state index < -0.39 is 0 Å². The van der Waals surface area contributed by atoms with Gasteiger partial charge in [-0.25, -0.2) is 4.79 Å². The van der Waals surface area contributed by atoms with Crippen LogP contribution in [-0.4, -0.2) is 12.6 Å². The highest BCUT2D eigenvalue weighted by Gasteiger charge is 2.07. The lowest BCUT2D eigenvalue weighted by Crippen LogP contribution is -2.32. The number of carbonyl (C=O) groups excluding carboxylic acids is 1. The smallest absolute Gasteiger partial charge is 0.338 e. The van der Waals surface area contributed by atoms with Crippen molar-refractivity contribution in [3.05, 3.63) is 30.1 Å². The zero-order valence-corrected chi connectivity index (χ0v) is 8.06. The molecule has 0 saturated heterocycles. The Hall–Kier alpha value is -1.82. The first-order valence-electron chi connectivity index (χ1n) is 4.37. The number of ether oxygens (including phenoxy) is 1. The van der Waals surface area contributed by atoms with Crippen molar-refractivity contribution in [3.63, 3.8) is 0 Å². The Labute approximate surface area is 83.3 Å². The molecule has 1 aromatic heterocycles. The fourth-order valence-electron chi connectivity index (χ4n) is 1.02. The van der Waals surface area contributed by atoms with Crippen molar-refractivity contribution in [2.75, 3.05) is 6.61 Å². The third-order valence-corrected chi connectivity index (χ3v) is 1.68. The van der Waals surface area contributed by atoms with Gasteiger partial charge in [-0.2, -0.15) is 4.57 Å². The van der Waals surface area contributed by atoms with Crippen LogP contribution in [0.3, 0.4) is 0 Å². The molecule has 3 nitrogen and oxygen atoms in total. The molecule has 0 amide bonds. The topological polar surface area (TPSA) is 30.2 Å². The molecule has 0 aromatic carbocycles. The predicted molar refractivity (Wildman–Crippen MR) is 51.4 cm³/mol. The second kappa shape index (κ2) is 5.03. The number of pyridine rings is 1. The summed E-state index contributed by atoms with van der Waals surface area (Å²) in [6, 6.07) is 3.38. The first kappa shape index (κ1) is 10.3. The maximum atomic E-state index is 11.2. The molecule has 0 atom stereocenters. The molecule has 1 heterocycles. The van der Waals surface area contributed by atoms with Crippen molar-refractivity contribution < 1.29 is 14.1 Å². The fourth-order valence-corrected chi connectivity index (χ4v) is 1.02. The monoisotopic (exact) mass is 190 g/mol. The number of terminal acetylenes is 1. The van der Waals surface area contributed by atoms with Crippen LogP contribution >= 0.6 is 0 Å². The number of aromatic nitrogens is 1. The molecule has 0 aliphatic heterocycles. The minimum absolute atomic E-state index is 0.305. The molecule has 3 heteroatoms. The highest BCUT2D eigenvalue weighted by Crippen LogP contribution is 1.97. The van der Waals surface area contributed by atoms with E-state index in [0.717, 1.165) is 0 Å². The third-order valence-electron chi connectivity index (χ3n) is 1.68. The number of hydrogen-bond donors (Lipinski definition) is 0. The number of hydrogen-bond acceptors (Lipinski definition) is 2. The van der Waals surface area contributed by atoms with E-state index in [9.17, 15) is 4.79 Å². The minimum Gasteiger partial charge on any atom is -0.462 e. The molecule has 0 unspecified atom stereocenters. The highest BCUT2D eigenvalue weighted by molar-refractivity contribution is 5.88. The molecule has 0 N–H and O–H groups in total. The standard InChI is InChI=1S/C11H12NO2/c1-3-7-12-8-5-10(6-9-12)11(13)14-4-2/h1,5-6,8-9H,4,7H2,2H3/q+1. The molecule has 1 rings (SSSR count). The second-order valence-corrected chi connectivity index (χ2v) is 2.68. The van der Waals surface area contributed by atoms with Gasteiger partial charge >= 0.3 is 5.97 Å². The lowest BCUT2D eigenvalue weighted by Gasteiger charge is -1.99. The van der Waals surface area contributed by atoms with Gasteiger partial charge in [-0.05, 0) is 12.8 Å². The largest absolute Gasteiger partial charge is 0.462 e. The summed E-state index contributed by atoms with van der Waals surface area (Å²) in [6.45, 7) is 2.67. The first-order valence-corrected chi connectivity index (χ1v) is 4.37. The van der Waals surface area contributed by atoms with Gasteiger partial charge in [0, 0.05) is 12.1 Å². The van der Waals surface area contributed by atoms with Crippen LogP contribution in [0.5, 0.6) is 0 Å². The molecule has 0 radical (unpaired) electrons. The molecule has 0 bridgehead atoms. The maximum absolute atomic E-state index is 11.2. The van der Waals surface area contributed by atoms with Crippen molar-refractivity contribution in [3.8, 4) is 12.3 Å². The predicted octanol–water partition coefficient (Wildman–Crippen LogP) is 0.784. The molecule has 0 fully saturated rings. The summed E-state index contributed by atoms with van der Waals surface area (Å²) in [7, 11) is 0. The molecule has 0 aliphatic carbocycles. The first-order chi connectivity index (χ1) is 6.77. The van der Waals surface area contributed by atoms with E-state index in [1.807, 2.05) is 4.57 Å². The van der Waals surface area contributed by atoms with Crippen molar-refractivity contribution in [2.24, 2.45) is 0 Å². The van der Waals surface area contributed by atoms with Gasteiger partial charge in [0.2, 0.25) is 6.54 Å². The van der Waals surface area contributed by atoms with Gasteiger partial charge in [-0.1, -0.05) is 0 Å². The van der Waals surface area contributed by atoms with E-state index in [4.69, 9.17) is 11.2 Å². The summed E-state index contributed by atoms with van der Waals surface area (Å²) < 4.78 is 6.65. The lowest BCUT2D eigenvalue weighted by molar-refractivity contribution is -0.684. The Morgan fingerprint density at radius 1 is 1.57 bits per heavy atom. The van der Waals surface area contributed by atoms with Crippen LogP contribution in [0.2, 0.25) is 0 Å². The van der Waals surface area contributed by atoms with E-state index in [1.54, 1.807) is 31.5 Å². The molecule has 0 aliphatic rings. The summed E-state index contributed by atoms with van der Waals surface area (Å²) in [6.07, 6.45) is 8.66. The molecule has 0 spiro atoms. The van der Waals surface area contributed by atoms with E-state index >= 15 is 0 Å². The van der Waals surface area contributed by atoms with Gasteiger partial charge in [0.1, 0.15) is 0 Å². The van der Waals surface area contributed by atoms with Gasteiger partial charge in [0.15, 0.2) is 12.4 Å². The van der Waals surface area contributed by atoms with Crippen LogP contribution in [0, 0.1) is 12.3 Å². The van der Waals surface area contributed by atoms with Crippen LogP contribution < -0.4 is 4.57 Å². The van der Waals surface area contributed by atoms with Crippen LogP contribution in [0.25, 0.3) is 0 Å². The number of carbonyl (C=O) groups is 1. The molecular formula is C11H12NO2+. The summed E-state index contributed by atoms with van der Waals surface area (Å²) in [4.78, 5) is 11.2. The van der Waals surface area contributed by atoms with Gasteiger partial charge < -0.3 is 4.74 Å². The molecule has 14 heavy (non-hydrogen) atoms. The maximum Gasteiger partial charge on any atom is 0.338 e. The van der Waals surface area contributed by atoms with Crippen LogP contribution in [0.1, 0.15) is 17.3 Å². The van der Waals surface area contributed by atoms with Gasteiger partial charge in [0.05, 0.1) is 12.2 Å². The second-order valence-electron chi connectivity index (χ2n) is 2.68. The Balaban J connectivity index is 2.73.